The number of carboxylic acids is 1. The predicted molar refractivity (Wildman–Crippen MR) is 108 cm³/mol. The van der Waals surface area contributed by atoms with E-state index in [-0.39, 0.29) is 0 Å². The van der Waals surface area contributed by atoms with Gasteiger partial charge in [0.15, 0.2) is 0 Å². The molecule has 1 atom stereocenters. The fraction of sp³-hybridized carbons (Fsp3) is 0.955. The molecule has 0 bridgehead atoms. The summed E-state index contributed by atoms with van der Waals surface area (Å²) in [6.45, 7) is 6.66. The molecule has 159 valence electrons. The highest BCUT2D eigenvalue weighted by atomic mass is 16.6. The van der Waals surface area contributed by atoms with Gasteiger partial charge in [-0.1, -0.05) is 64.7 Å². The largest absolute Gasteiger partial charge is 0.481 e. The molecule has 1 saturated heterocycles. The van der Waals surface area contributed by atoms with Crippen LogP contribution in [0, 0.1) is 0 Å². The van der Waals surface area contributed by atoms with Crippen LogP contribution in [0.2, 0.25) is 0 Å². The lowest BCUT2D eigenvalue weighted by molar-refractivity contribution is -0.296. The summed E-state index contributed by atoms with van der Waals surface area (Å²) in [4.78, 5) is 10.4. The van der Waals surface area contributed by atoms with E-state index in [9.17, 15) is 10.0 Å². The topological polar surface area (TPSA) is 69.7 Å². The quantitative estimate of drug-likeness (QED) is 0.327. The zero-order valence-electron chi connectivity index (χ0n) is 17.9. The third-order valence-electron chi connectivity index (χ3n) is 5.74. The number of rotatable bonds is 16. The van der Waals surface area contributed by atoms with Crippen molar-refractivity contribution in [3.05, 3.63) is 0 Å². The fourth-order valence-electron chi connectivity index (χ4n) is 4.00. The number of carboxylic acid groups (broad SMARTS) is 1. The third-order valence-corrected chi connectivity index (χ3v) is 5.74. The van der Waals surface area contributed by atoms with Gasteiger partial charge < -0.3 is 9.84 Å². The average molecular weight is 385 g/mol. The first kappa shape index (κ1) is 24.4. The first-order valence-corrected chi connectivity index (χ1v) is 11.2. The van der Waals surface area contributed by atoms with E-state index in [1.807, 2.05) is 13.8 Å². The van der Waals surface area contributed by atoms with Gasteiger partial charge in [-0.25, -0.2) is 0 Å². The molecular weight excluding hydrogens is 342 g/mol. The molecule has 1 radical (unpaired) electrons. The molecular formula is C22H42NO4. The molecule has 1 heterocycles. The van der Waals surface area contributed by atoms with Gasteiger partial charge in [-0.15, -0.1) is 10.3 Å². The van der Waals surface area contributed by atoms with Gasteiger partial charge in [-0.05, 0) is 46.0 Å². The van der Waals surface area contributed by atoms with E-state index >= 15 is 0 Å². The zero-order chi connectivity index (χ0) is 20.2. The maximum atomic E-state index is 12.8. The van der Waals surface area contributed by atoms with Crippen molar-refractivity contribution in [2.45, 2.75) is 128 Å². The van der Waals surface area contributed by atoms with Gasteiger partial charge >= 0.3 is 5.97 Å². The number of ether oxygens (including phenoxy) is 1. The molecule has 5 heteroatoms. The lowest BCUT2D eigenvalue weighted by Gasteiger charge is -2.35. The number of unbranched alkanes of at least 4 members (excludes halogenated alkanes) is 10. The molecule has 5 nitrogen and oxygen atoms in total. The fourth-order valence-corrected chi connectivity index (χ4v) is 4.00. The summed E-state index contributed by atoms with van der Waals surface area (Å²) in [5, 5.41) is 22.6. The summed E-state index contributed by atoms with van der Waals surface area (Å²) in [6.07, 6.45) is 15.6. The van der Waals surface area contributed by atoms with Crippen LogP contribution in [0.5, 0.6) is 0 Å². The van der Waals surface area contributed by atoms with E-state index in [0.717, 1.165) is 51.4 Å². The Morgan fingerprint density at radius 2 is 1.37 bits per heavy atom. The van der Waals surface area contributed by atoms with Crippen molar-refractivity contribution in [2.24, 2.45) is 0 Å². The smallest absolute Gasteiger partial charge is 0.303 e. The van der Waals surface area contributed by atoms with E-state index in [1.54, 1.807) is 0 Å². The van der Waals surface area contributed by atoms with Gasteiger partial charge in [0.25, 0.3) is 0 Å². The van der Waals surface area contributed by atoms with Crippen LogP contribution < -0.4 is 0 Å². The molecule has 0 aliphatic carbocycles. The summed E-state index contributed by atoms with van der Waals surface area (Å²) in [7, 11) is 0. The number of hydroxylamine groups is 2. The molecule has 1 aliphatic rings. The van der Waals surface area contributed by atoms with Gasteiger partial charge in [-0.3, -0.25) is 4.79 Å². The standard InChI is InChI=1S/C22H42NO4/c1-4-5-17-22(23(26)21(2,3)19-27-22)18-15-13-11-9-7-6-8-10-12-14-16-20(24)25/h4-19H2,1-3H3,(H,24,25). The molecule has 0 aromatic carbocycles. The summed E-state index contributed by atoms with van der Waals surface area (Å²) in [5.74, 6) is -0.682. The van der Waals surface area contributed by atoms with Crippen LogP contribution in [0.3, 0.4) is 0 Å². The maximum absolute atomic E-state index is 12.8. The van der Waals surface area contributed by atoms with Crippen molar-refractivity contribution >= 4 is 5.97 Å². The van der Waals surface area contributed by atoms with Crippen LogP contribution in [0.1, 0.15) is 117 Å². The first-order valence-electron chi connectivity index (χ1n) is 11.2. The minimum absolute atomic E-state index is 0.307. The average Bonchev–Trinajstić information content (AvgIpc) is 2.85. The lowest BCUT2D eigenvalue weighted by Crippen LogP contribution is -2.49. The molecule has 1 N–H and O–H groups in total. The van der Waals surface area contributed by atoms with Crippen molar-refractivity contribution in [2.75, 3.05) is 6.61 Å². The van der Waals surface area contributed by atoms with Crippen LogP contribution in [0.25, 0.3) is 0 Å². The van der Waals surface area contributed by atoms with Gasteiger partial charge in [0.05, 0.1) is 12.1 Å². The molecule has 1 unspecified atom stereocenters. The zero-order valence-corrected chi connectivity index (χ0v) is 17.9. The first-order chi connectivity index (χ1) is 12.8. The maximum Gasteiger partial charge on any atom is 0.303 e. The molecule has 1 fully saturated rings. The van der Waals surface area contributed by atoms with Crippen molar-refractivity contribution < 1.29 is 19.8 Å². The highest BCUT2D eigenvalue weighted by Gasteiger charge is 2.51. The van der Waals surface area contributed by atoms with Crippen LogP contribution >= 0.6 is 0 Å². The molecule has 0 aromatic heterocycles. The Bertz CT molecular complexity index is 413. The van der Waals surface area contributed by atoms with E-state index in [4.69, 9.17) is 9.84 Å². The molecule has 0 amide bonds. The normalized spacial score (nSPS) is 22.4. The summed E-state index contributed by atoms with van der Waals surface area (Å²) >= 11 is 0. The van der Waals surface area contributed by atoms with E-state index in [1.165, 1.54) is 43.6 Å². The van der Waals surface area contributed by atoms with Gasteiger partial charge in [0.2, 0.25) is 0 Å². The van der Waals surface area contributed by atoms with E-state index in [0.29, 0.717) is 13.0 Å². The Balaban J connectivity index is 2.09. The highest BCUT2D eigenvalue weighted by Crippen LogP contribution is 2.40. The summed E-state index contributed by atoms with van der Waals surface area (Å²) in [5.41, 5.74) is -0.992. The summed E-state index contributed by atoms with van der Waals surface area (Å²) in [6, 6.07) is 0. The number of nitrogens with zero attached hydrogens (tertiary/aromatic N) is 1. The molecule has 0 aromatic rings. The van der Waals surface area contributed by atoms with Gasteiger partial charge in [0, 0.05) is 6.42 Å². The second-order valence-corrected chi connectivity index (χ2v) is 8.87. The Morgan fingerprint density at radius 1 is 0.889 bits per heavy atom. The molecule has 1 rings (SSSR count). The third kappa shape index (κ3) is 8.93. The minimum Gasteiger partial charge on any atom is -0.481 e. The Hall–Kier alpha value is -0.650. The van der Waals surface area contributed by atoms with Crippen LogP contribution in [-0.4, -0.2) is 34.0 Å². The minimum atomic E-state index is -0.682. The van der Waals surface area contributed by atoms with Gasteiger partial charge in [0.1, 0.15) is 5.72 Å². The monoisotopic (exact) mass is 384 g/mol. The van der Waals surface area contributed by atoms with Crippen LogP contribution in [0.15, 0.2) is 0 Å². The molecule has 27 heavy (non-hydrogen) atoms. The SMILES string of the molecule is CCCCC1(CCCCCCCCCCCCC(=O)O)OCC(C)(C)N1[O]. The van der Waals surface area contributed by atoms with Crippen LogP contribution in [-0.2, 0) is 14.7 Å². The second-order valence-electron chi connectivity index (χ2n) is 8.87. The second kappa shape index (κ2) is 12.7. The number of hydrogen-bond donors (Lipinski definition) is 1. The van der Waals surface area contributed by atoms with Crippen LogP contribution in [0.4, 0.5) is 0 Å². The van der Waals surface area contributed by atoms with Crippen molar-refractivity contribution in [1.82, 2.24) is 5.06 Å². The number of aliphatic carboxylic acids is 1. The molecule has 0 spiro atoms. The number of carbonyl (C=O) groups is 1. The Morgan fingerprint density at radius 3 is 1.81 bits per heavy atom. The van der Waals surface area contributed by atoms with E-state index in [2.05, 4.69) is 6.92 Å². The molecule has 1 aliphatic heterocycles. The van der Waals surface area contributed by atoms with E-state index < -0.39 is 17.2 Å². The number of hydrogen-bond acceptors (Lipinski definition) is 3. The lowest BCUT2D eigenvalue weighted by atomic mass is 9.95. The predicted octanol–water partition coefficient (Wildman–Crippen LogP) is 6.10. The highest BCUT2D eigenvalue weighted by molar-refractivity contribution is 5.66. The van der Waals surface area contributed by atoms with Crippen molar-refractivity contribution in [3.8, 4) is 0 Å². The van der Waals surface area contributed by atoms with Crippen molar-refractivity contribution in [1.29, 1.82) is 0 Å². The molecule has 0 saturated carbocycles. The van der Waals surface area contributed by atoms with Gasteiger partial charge in [-0.2, -0.15) is 0 Å². The Kier molecular flexibility index (Phi) is 11.5. The van der Waals surface area contributed by atoms with Crippen molar-refractivity contribution in [3.63, 3.8) is 0 Å². The summed E-state index contributed by atoms with van der Waals surface area (Å²) < 4.78 is 6.05. The Labute approximate surface area is 166 Å².